The Hall–Kier alpha value is -2.90. The Labute approximate surface area is 113 Å². The first-order valence-corrected chi connectivity index (χ1v) is 5.75. The van der Waals surface area contributed by atoms with Crippen LogP contribution in [0.5, 0.6) is 0 Å². The maximum Gasteiger partial charge on any atom is 0.293 e. The van der Waals surface area contributed by atoms with Gasteiger partial charge >= 0.3 is 0 Å². The molecule has 0 aliphatic heterocycles. The number of amides is 1. The average molecular weight is 276 g/mol. The number of nitro groups is 1. The summed E-state index contributed by atoms with van der Waals surface area (Å²) < 4.78 is 4.84. The number of nitro benzene ring substituents is 1. The molecule has 0 radical (unpaired) electrons. The van der Waals surface area contributed by atoms with Crippen molar-refractivity contribution >= 4 is 17.3 Å². The van der Waals surface area contributed by atoms with Crippen molar-refractivity contribution in [3.8, 4) is 0 Å². The summed E-state index contributed by atoms with van der Waals surface area (Å²) in [6.45, 7) is 0.167. The molecular weight excluding hydrogens is 264 g/mol. The molecule has 0 aliphatic rings. The van der Waals surface area contributed by atoms with Crippen LogP contribution in [0.3, 0.4) is 0 Å². The summed E-state index contributed by atoms with van der Waals surface area (Å²) in [5.41, 5.74) is 0.400. The Kier molecular flexibility index (Phi) is 3.94. The van der Waals surface area contributed by atoms with Gasteiger partial charge in [0.2, 0.25) is 0 Å². The van der Waals surface area contributed by atoms with Gasteiger partial charge in [0, 0.05) is 24.7 Å². The maximum absolute atomic E-state index is 11.9. The molecule has 8 nitrogen and oxygen atoms in total. The lowest BCUT2D eigenvalue weighted by molar-refractivity contribution is -0.384. The Morgan fingerprint density at radius 3 is 2.85 bits per heavy atom. The second kappa shape index (κ2) is 5.83. The molecule has 1 heterocycles. The van der Waals surface area contributed by atoms with Crippen molar-refractivity contribution in [2.45, 2.75) is 6.54 Å². The Morgan fingerprint density at radius 1 is 1.45 bits per heavy atom. The van der Waals surface area contributed by atoms with Gasteiger partial charge in [0.25, 0.3) is 11.6 Å². The molecule has 8 heteroatoms. The molecule has 2 rings (SSSR count). The lowest BCUT2D eigenvalue weighted by Gasteiger charge is -2.06. The number of carbonyl (C=O) groups excluding carboxylic acids is 1. The highest BCUT2D eigenvalue weighted by atomic mass is 16.6. The van der Waals surface area contributed by atoms with Crippen LogP contribution in [0.4, 0.5) is 11.4 Å². The van der Waals surface area contributed by atoms with Gasteiger partial charge in [-0.15, -0.1) is 0 Å². The minimum absolute atomic E-state index is 0.153. The number of nitrogens with zero attached hydrogens (tertiary/aromatic N) is 2. The maximum atomic E-state index is 11.9. The van der Waals surface area contributed by atoms with Gasteiger partial charge in [-0.1, -0.05) is 5.16 Å². The van der Waals surface area contributed by atoms with Gasteiger partial charge in [-0.3, -0.25) is 14.9 Å². The van der Waals surface area contributed by atoms with Gasteiger partial charge < -0.3 is 15.2 Å². The number of hydrogen-bond acceptors (Lipinski definition) is 6. The number of benzene rings is 1. The van der Waals surface area contributed by atoms with Gasteiger partial charge in [0.1, 0.15) is 5.69 Å². The zero-order valence-corrected chi connectivity index (χ0v) is 10.6. The van der Waals surface area contributed by atoms with E-state index in [0.29, 0.717) is 11.4 Å². The molecule has 1 aromatic heterocycles. The zero-order valence-electron chi connectivity index (χ0n) is 10.6. The largest absolute Gasteiger partial charge is 0.383 e. The van der Waals surface area contributed by atoms with Crippen molar-refractivity contribution in [1.29, 1.82) is 0 Å². The number of anilines is 1. The van der Waals surface area contributed by atoms with Crippen LogP contribution in [0.25, 0.3) is 0 Å². The first kappa shape index (κ1) is 13.5. The molecule has 0 saturated carbocycles. The quantitative estimate of drug-likeness (QED) is 0.633. The lowest BCUT2D eigenvalue weighted by Crippen LogP contribution is -2.22. The Balaban J connectivity index is 2.13. The van der Waals surface area contributed by atoms with Crippen molar-refractivity contribution in [1.82, 2.24) is 10.5 Å². The molecule has 0 saturated heterocycles. The van der Waals surface area contributed by atoms with E-state index in [2.05, 4.69) is 15.8 Å². The van der Waals surface area contributed by atoms with Crippen LogP contribution in [0, 0.1) is 10.1 Å². The van der Waals surface area contributed by atoms with E-state index in [4.69, 9.17) is 4.52 Å². The normalized spacial score (nSPS) is 10.1. The SMILES string of the molecule is CNc1ccc(C(=O)NCc2ccno2)cc1[N+](=O)[O-]. The number of hydrogen-bond donors (Lipinski definition) is 2. The summed E-state index contributed by atoms with van der Waals surface area (Å²) in [5, 5.41) is 19.7. The molecule has 20 heavy (non-hydrogen) atoms. The van der Waals surface area contributed by atoms with Crippen LogP contribution in [0.1, 0.15) is 16.1 Å². The van der Waals surface area contributed by atoms with Crippen molar-refractivity contribution in [3.63, 3.8) is 0 Å². The van der Waals surface area contributed by atoms with E-state index in [1.54, 1.807) is 13.1 Å². The summed E-state index contributed by atoms with van der Waals surface area (Å²) >= 11 is 0. The summed E-state index contributed by atoms with van der Waals surface area (Å²) in [6, 6.07) is 5.84. The van der Waals surface area contributed by atoms with Crippen LogP contribution in [-0.2, 0) is 6.54 Å². The molecule has 0 unspecified atom stereocenters. The average Bonchev–Trinajstić information content (AvgIpc) is 2.97. The minimum atomic E-state index is -0.543. The lowest BCUT2D eigenvalue weighted by atomic mass is 10.1. The topological polar surface area (TPSA) is 110 Å². The highest BCUT2D eigenvalue weighted by molar-refractivity contribution is 5.95. The van der Waals surface area contributed by atoms with E-state index in [1.807, 2.05) is 0 Å². The fourth-order valence-corrected chi connectivity index (χ4v) is 1.64. The second-order valence-electron chi connectivity index (χ2n) is 3.90. The van der Waals surface area contributed by atoms with Crippen LogP contribution in [0.15, 0.2) is 35.0 Å². The Morgan fingerprint density at radius 2 is 2.25 bits per heavy atom. The molecule has 1 aromatic carbocycles. The molecule has 0 atom stereocenters. The highest BCUT2D eigenvalue weighted by Crippen LogP contribution is 2.24. The van der Waals surface area contributed by atoms with Crippen LogP contribution >= 0.6 is 0 Å². The number of aromatic nitrogens is 1. The predicted molar refractivity (Wildman–Crippen MR) is 70.3 cm³/mol. The summed E-state index contributed by atoms with van der Waals surface area (Å²) in [6.07, 6.45) is 1.47. The second-order valence-corrected chi connectivity index (χ2v) is 3.90. The molecule has 0 aliphatic carbocycles. The fourth-order valence-electron chi connectivity index (χ4n) is 1.64. The molecule has 2 N–H and O–H groups in total. The third-order valence-electron chi connectivity index (χ3n) is 2.64. The zero-order chi connectivity index (χ0) is 14.5. The van der Waals surface area contributed by atoms with E-state index in [-0.39, 0.29) is 17.8 Å². The molecule has 0 bridgehead atoms. The molecule has 104 valence electrons. The van der Waals surface area contributed by atoms with Gasteiger partial charge in [-0.05, 0) is 12.1 Å². The summed E-state index contributed by atoms with van der Waals surface area (Å²) in [5.74, 6) is 0.0758. The van der Waals surface area contributed by atoms with E-state index >= 15 is 0 Å². The van der Waals surface area contributed by atoms with Crippen molar-refractivity contribution in [2.75, 3.05) is 12.4 Å². The van der Waals surface area contributed by atoms with Gasteiger partial charge in [-0.25, -0.2) is 0 Å². The van der Waals surface area contributed by atoms with Gasteiger partial charge in [-0.2, -0.15) is 0 Å². The Bertz CT molecular complexity index is 624. The van der Waals surface area contributed by atoms with Crippen LogP contribution in [-0.4, -0.2) is 23.0 Å². The van der Waals surface area contributed by atoms with Crippen LogP contribution in [0.2, 0.25) is 0 Å². The molecule has 0 spiro atoms. The highest BCUT2D eigenvalue weighted by Gasteiger charge is 2.16. The third-order valence-corrected chi connectivity index (χ3v) is 2.64. The van der Waals surface area contributed by atoms with E-state index in [1.165, 1.54) is 24.4 Å². The standard InChI is InChI=1S/C12H12N4O4/c1-13-10-3-2-8(6-11(10)16(18)19)12(17)14-7-9-4-5-15-20-9/h2-6,13H,7H2,1H3,(H,14,17). The summed E-state index contributed by atoms with van der Waals surface area (Å²) in [4.78, 5) is 22.3. The van der Waals surface area contributed by atoms with Gasteiger partial charge in [0.15, 0.2) is 5.76 Å². The van der Waals surface area contributed by atoms with Crippen molar-refractivity contribution in [3.05, 3.63) is 51.9 Å². The van der Waals surface area contributed by atoms with Gasteiger partial charge in [0.05, 0.1) is 17.7 Å². The first-order chi connectivity index (χ1) is 9.61. The smallest absolute Gasteiger partial charge is 0.293 e. The molecule has 1 amide bonds. The minimum Gasteiger partial charge on any atom is -0.383 e. The number of carbonyl (C=O) groups is 1. The fraction of sp³-hybridized carbons (Fsp3) is 0.167. The monoisotopic (exact) mass is 276 g/mol. The van der Waals surface area contributed by atoms with Crippen LogP contribution < -0.4 is 10.6 Å². The van der Waals surface area contributed by atoms with E-state index in [0.717, 1.165) is 0 Å². The molecular formula is C12H12N4O4. The number of nitrogens with one attached hydrogen (secondary N) is 2. The predicted octanol–water partition coefficient (Wildman–Crippen LogP) is 1.55. The molecule has 0 fully saturated rings. The summed E-state index contributed by atoms with van der Waals surface area (Å²) in [7, 11) is 1.58. The molecule has 2 aromatic rings. The first-order valence-electron chi connectivity index (χ1n) is 5.75. The van der Waals surface area contributed by atoms with E-state index < -0.39 is 10.8 Å². The third kappa shape index (κ3) is 2.91. The van der Waals surface area contributed by atoms with E-state index in [9.17, 15) is 14.9 Å². The van der Waals surface area contributed by atoms with Crippen molar-refractivity contribution in [2.24, 2.45) is 0 Å². The number of rotatable bonds is 5. The van der Waals surface area contributed by atoms with Crippen molar-refractivity contribution < 1.29 is 14.2 Å².